The Kier molecular flexibility index (Phi) is 10.8. The normalized spacial score (nSPS) is 23.2. The second-order valence-electron chi connectivity index (χ2n) is 10.3. The molecule has 0 aromatic rings. The third kappa shape index (κ3) is 6.07. The molecule has 2 saturated heterocycles. The van der Waals surface area contributed by atoms with Crippen molar-refractivity contribution in [2.24, 2.45) is 0 Å². The third-order valence-electron chi connectivity index (χ3n) is 7.78. The van der Waals surface area contributed by atoms with Crippen molar-refractivity contribution in [2.45, 2.75) is 77.6 Å². The fourth-order valence-corrected chi connectivity index (χ4v) is 24.2. The molecule has 7 heteroatoms. The van der Waals surface area contributed by atoms with E-state index < -0.39 is 39.4 Å². The molecule has 0 unspecified atom stereocenters. The molecule has 4 rings (SSSR count). The van der Waals surface area contributed by atoms with Gasteiger partial charge in [0.25, 0.3) is 0 Å². The molecular formula is C24H42Cl2HfN2Si2. The molecule has 0 aromatic heterocycles. The van der Waals surface area contributed by atoms with Crippen LogP contribution in [-0.2, 0) is 22.9 Å². The van der Waals surface area contributed by atoms with E-state index >= 15 is 0 Å². The van der Waals surface area contributed by atoms with Gasteiger partial charge < -0.3 is 0 Å². The Morgan fingerprint density at radius 2 is 0.968 bits per heavy atom. The molecule has 0 bridgehead atoms. The Balaban J connectivity index is 0.00000171. The summed E-state index contributed by atoms with van der Waals surface area (Å²) in [7, 11) is -2.94. The number of allylic oxidation sites excluding steroid dienone is 8. The molecule has 4 aliphatic rings. The molecule has 0 N–H and O–H groups in total. The van der Waals surface area contributed by atoms with E-state index in [0.717, 1.165) is 0 Å². The van der Waals surface area contributed by atoms with Crippen LogP contribution < -0.4 is 0 Å². The van der Waals surface area contributed by atoms with E-state index in [0.29, 0.717) is 0 Å². The summed E-state index contributed by atoms with van der Waals surface area (Å²) in [4.78, 5) is 0. The summed E-state index contributed by atoms with van der Waals surface area (Å²) in [5, 5.41) is 3.69. The molecule has 0 radical (unpaired) electrons. The summed E-state index contributed by atoms with van der Waals surface area (Å²) in [6.07, 6.45) is 21.3. The summed E-state index contributed by atoms with van der Waals surface area (Å²) in [6, 6.07) is 0. The number of hydrogen-bond donors (Lipinski definition) is 0. The van der Waals surface area contributed by atoms with Crippen molar-refractivity contribution < 1.29 is 22.9 Å². The van der Waals surface area contributed by atoms with E-state index in [1.165, 1.54) is 77.5 Å². The van der Waals surface area contributed by atoms with Crippen LogP contribution in [0.25, 0.3) is 0 Å². The number of piperidine rings is 2. The molecule has 0 saturated carbocycles. The smallest absolute Gasteiger partial charge is 0.147 e. The van der Waals surface area contributed by atoms with Crippen LogP contribution in [0.1, 0.15) is 51.4 Å². The van der Waals surface area contributed by atoms with Gasteiger partial charge >= 0.3 is 194 Å². The Morgan fingerprint density at radius 1 is 0.613 bits per heavy atom. The minimum atomic E-state index is -1.47. The first kappa shape index (κ1) is 28.0. The quantitative estimate of drug-likeness (QED) is 0.289. The van der Waals surface area contributed by atoms with E-state index in [9.17, 15) is 0 Å². The van der Waals surface area contributed by atoms with Crippen LogP contribution in [0.2, 0.25) is 26.2 Å². The largest absolute Gasteiger partial charge is 0.147 e. The Labute approximate surface area is 217 Å². The van der Waals surface area contributed by atoms with Gasteiger partial charge in [0.2, 0.25) is 0 Å². The molecule has 174 valence electrons. The average Bonchev–Trinajstić information content (AvgIpc) is 3.40. The van der Waals surface area contributed by atoms with Crippen molar-refractivity contribution in [2.75, 3.05) is 26.2 Å². The van der Waals surface area contributed by atoms with E-state index in [1.807, 2.05) is 17.1 Å². The zero-order chi connectivity index (χ0) is 20.5. The molecule has 2 aliphatic heterocycles. The standard InChI is InChI=1S/2C12H20NSi.2ClH.Hf/c2*1-14(2,12-8-4-5-9-12)13-10-6-3-7-11-13;;;/h2*4,8H,3,5-7,10-11H2,1-2H3;2*1H;. The van der Waals surface area contributed by atoms with Crippen molar-refractivity contribution in [1.29, 1.82) is 0 Å². The monoisotopic (exact) mass is 664 g/mol. The number of nitrogens with zero attached hydrogens (tertiary/aromatic N) is 2. The SMILES string of the molecule is C[Si](C)(C1=[C]([Hf][C]2=C([Si](C)(C)N3CCCCC3)C=CC2)CC=C1)N1CCCCC1.Cl.Cl. The molecule has 2 fully saturated rings. The van der Waals surface area contributed by atoms with E-state index in [2.05, 4.69) is 59.6 Å². The van der Waals surface area contributed by atoms with Crippen LogP contribution in [0.5, 0.6) is 0 Å². The predicted molar refractivity (Wildman–Crippen MR) is 142 cm³/mol. The number of hydrogen-bond acceptors (Lipinski definition) is 2. The van der Waals surface area contributed by atoms with E-state index in [-0.39, 0.29) is 24.8 Å². The van der Waals surface area contributed by atoms with E-state index in [1.54, 1.807) is 0 Å². The Morgan fingerprint density at radius 3 is 1.32 bits per heavy atom. The second-order valence-corrected chi connectivity index (χ2v) is 24.1. The maximum atomic E-state index is 2.92. The van der Waals surface area contributed by atoms with Crippen molar-refractivity contribution >= 4 is 41.3 Å². The second kappa shape index (κ2) is 11.9. The molecule has 2 aliphatic carbocycles. The topological polar surface area (TPSA) is 6.48 Å². The van der Waals surface area contributed by atoms with Gasteiger partial charge in [0.1, 0.15) is 0 Å². The molecule has 0 aromatic carbocycles. The predicted octanol–water partition coefficient (Wildman–Crippen LogP) is 6.80. The van der Waals surface area contributed by atoms with Gasteiger partial charge in [-0.3, -0.25) is 0 Å². The zero-order valence-electron chi connectivity index (χ0n) is 20.0. The average molecular weight is 664 g/mol. The van der Waals surface area contributed by atoms with Gasteiger partial charge in [0, 0.05) is 0 Å². The summed E-state index contributed by atoms with van der Waals surface area (Å²) in [6.45, 7) is 16.0. The van der Waals surface area contributed by atoms with Crippen molar-refractivity contribution in [3.63, 3.8) is 0 Å². The van der Waals surface area contributed by atoms with Crippen molar-refractivity contribution in [1.82, 2.24) is 9.13 Å². The maximum absolute atomic E-state index is 2.92. The Hall–Kier alpha value is 0.764. The summed E-state index contributed by atoms with van der Waals surface area (Å²) < 4.78 is 9.73. The minimum Gasteiger partial charge on any atom is -0.147 e. The molecule has 2 nitrogen and oxygen atoms in total. The molecule has 2 heterocycles. The number of halogens is 2. The first-order chi connectivity index (χ1) is 13.9. The van der Waals surface area contributed by atoms with Crippen molar-refractivity contribution in [3.8, 4) is 0 Å². The maximum Gasteiger partial charge on any atom is -0.147 e. The minimum absolute atomic E-state index is 0. The molecule has 0 atom stereocenters. The van der Waals surface area contributed by atoms with Gasteiger partial charge in [-0.2, -0.15) is 0 Å². The fourth-order valence-electron chi connectivity index (χ4n) is 5.82. The van der Waals surface area contributed by atoms with Crippen LogP contribution in [0.3, 0.4) is 0 Å². The van der Waals surface area contributed by atoms with Crippen LogP contribution in [0, 0.1) is 0 Å². The van der Waals surface area contributed by atoms with Crippen LogP contribution in [0.15, 0.2) is 41.4 Å². The third-order valence-corrected chi connectivity index (χ3v) is 22.8. The molecule has 31 heavy (non-hydrogen) atoms. The van der Waals surface area contributed by atoms with Gasteiger partial charge in [-0.1, -0.05) is 0 Å². The Bertz CT molecular complexity index is 685. The summed E-state index contributed by atoms with van der Waals surface area (Å²) >= 11 is -0.930. The zero-order valence-corrected chi connectivity index (χ0v) is 27.2. The van der Waals surface area contributed by atoms with Gasteiger partial charge in [0.05, 0.1) is 0 Å². The van der Waals surface area contributed by atoms with Gasteiger partial charge in [0.15, 0.2) is 0 Å². The van der Waals surface area contributed by atoms with Crippen LogP contribution >= 0.6 is 24.8 Å². The molecular weight excluding hydrogens is 622 g/mol. The summed E-state index contributed by atoms with van der Waals surface area (Å²) in [5.74, 6) is 0. The van der Waals surface area contributed by atoms with Gasteiger partial charge in [-0.25, -0.2) is 0 Å². The first-order valence-electron chi connectivity index (χ1n) is 12.0. The van der Waals surface area contributed by atoms with E-state index in [4.69, 9.17) is 0 Å². The summed E-state index contributed by atoms with van der Waals surface area (Å²) in [5.41, 5.74) is 0. The van der Waals surface area contributed by atoms with Crippen molar-refractivity contribution in [3.05, 3.63) is 41.4 Å². The molecule has 0 spiro atoms. The number of rotatable bonds is 6. The first-order valence-corrected chi connectivity index (χ1v) is 21.5. The fraction of sp³-hybridized carbons (Fsp3) is 0.667. The van der Waals surface area contributed by atoms with Gasteiger partial charge in [-0.05, 0) is 0 Å². The van der Waals surface area contributed by atoms with Gasteiger partial charge in [-0.15, -0.1) is 24.8 Å². The van der Waals surface area contributed by atoms with Crippen LogP contribution in [0.4, 0.5) is 0 Å². The van der Waals surface area contributed by atoms with Crippen LogP contribution in [-0.4, -0.2) is 51.8 Å². The molecule has 0 amide bonds.